The van der Waals surface area contributed by atoms with Gasteiger partial charge in [-0.3, -0.25) is 5.10 Å². The Bertz CT molecular complexity index is 532. The van der Waals surface area contributed by atoms with E-state index >= 15 is 0 Å². The Morgan fingerprint density at radius 1 is 1.32 bits per heavy atom. The minimum atomic E-state index is -0.195. The van der Waals surface area contributed by atoms with E-state index in [1.54, 1.807) is 0 Å². The molecule has 2 aromatic rings. The summed E-state index contributed by atoms with van der Waals surface area (Å²) in [6.07, 6.45) is 0.822. The number of nitrogens with one attached hydrogen (secondary N) is 1. The second-order valence-electron chi connectivity index (χ2n) is 4.63. The average Bonchev–Trinajstić information content (AvgIpc) is 2.80. The van der Waals surface area contributed by atoms with Gasteiger partial charge in [-0.05, 0) is 38.0 Å². The zero-order chi connectivity index (χ0) is 13.8. The van der Waals surface area contributed by atoms with Crippen molar-refractivity contribution in [1.82, 2.24) is 10.2 Å². The Hall–Kier alpha value is -1.81. The maximum Gasteiger partial charge on any atom is 0.140 e. The number of H-pyrrole nitrogens is 1. The predicted octanol–water partition coefficient (Wildman–Crippen LogP) is 2.91. The fraction of sp³-hybridized carbons (Fsp3) is 0.400. The van der Waals surface area contributed by atoms with Gasteiger partial charge in [0, 0.05) is 11.3 Å². The second-order valence-corrected chi connectivity index (χ2v) is 4.63. The molecule has 2 rings (SSSR count). The maximum absolute atomic E-state index is 9.36. The number of aliphatic hydroxyl groups excluding tert-OH is 1. The second kappa shape index (κ2) is 5.89. The van der Waals surface area contributed by atoms with Crippen LogP contribution in [0, 0.1) is 6.92 Å². The first-order chi connectivity index (χ1) is 9.15. The molecule has 4 heteroatoms. The Labute approximate surface area is 113 Å². The third kappa shape index (κ3) is 2.96. The maximum atomic E-state index is 9.36. The molecule has 1 heterocycles. The van der Waals surface area contributed by atoms with Crippen molar-refractivity contribution in [3.63, 3.8) is 0 Å². The summed E-state index contributed by atoms with van der Waals surface area (Å²) in [4.78, 5) is 0. The molecular formula is C15H20N2O2. The van der Waals surface area contributed by atoms with E-state index < -0.39 is 0 Å². The number of ether oxygens (including phenoxy) is 1. The summed E-state index contributed by atoms with van der Waals surface area (Å²) in [5, 5.41) is 16.4. The largest absolute Gasteiger partial charge is 0.484 e. The third-order valence-corrected chi connectivity index (χ3v) is 3.29. The molecule has 0 radical (unpaired) electrons. The molecular weight excluding hydrogens is 240 g/mol. The topological polar surface area (TPSA) is 58.1 Å². The van der Waals surface area contributed by atoms with Crippen LogP contribution in [-0.2, 0) is 13.0 Å². The highest BCUT2D eigenvalue weighted by molar-refractivity contribution is 5.29. The van der Waals surface area contributed by atoms with Crippen LogP contribution in [0.25, 0.3) is 0 Å². The molecule has 0 aliphatic heterocycles. The quantitative estimate of drug-likeness (QED) is 0.869. The molecule has 102 valence electrons. The summed E-state index contributed by atoms with van der Waals surface area (Å²) in [6.45, 7) is 5.92. The fourth-order valence-corrected chi connectivity index (χ4v) is 2.07. The number of nitrogens with zero attached hydrogens (tertiary/aromatic N) is 1. The van der Waals surface area contributed by atoms with Crippen molar-refractivity contribution in [2.45, 2.75) is 39.9 Å². The Morgan fingerprint density at radius 2 is 2.00 bits per heavy atom. The van der Waals surface area contributed by atoms with Crippen molar-refractivity contribution < 1.29 is 9.84 Å². The van der Waals surface area contributed by atoms with Crippen molar-refractivity contribution in [3.05, 3.63) is 46.8 Å². The van der Waals surface area contributed by atoms with E-state index in [2.05, 4.69) is 29.3 Å². The van der Waals surface area contributed by atoms with E-state index in [-0.39, 0.29) is 12.7 Å². The number of aromatic amines is 1. The van der Waals surface area contributed by atoms with Gasteiger partial charge in [0.15, 0.2) is 0 Å². The van der Waals surface area contributed by atoms with Gasteiger partial charge in [-0.15, -0.1) is 0 Å². The monoisotopic (exact) mass is 260 g/mol. The van der Waals surface area contributed by atoms with E-state index in [1.165, 1.54) is 5.56 Å². The van der Waals surface area contributed by atoms with Crippen LogP contribution in [0.2, 0.25) is 0 Å². The first kappa shape index (κ1) is 13.6. The number of hydrogen-bond acceptors (Lipinski definition) is 3. The molecule has 1 atom stereocenters. The van der Waals surface area contributed by atoms with Gasteiger partial charge in [0.2, 0.25) is 0 Å². The van der Waals surface area contributed by atoms with Gasteiger partial charge in [0.05, 0.1) is 6.61 Å². The highest BCUT2D eigenvalue weighted by Gasteiger charge is 2.17. The number of aryl methyl sites for hydroxylation is 2. The van der Waals surface area contributed by atoms with Crippen LogP contribution in [0.4, 0.5) is 0 Å². The molecule has 1 unspecified atom stereocenters. The van der Waals surface area contributed by atoms with Gasteiger partial charge in [0.1, 0.15) is 17.5 Å². The number of aliphatic hydroxyl groups is 1. The predicted molar refractivity (Wildman–Crippen MR) is 74.1 cm³/mol. The lowest BCUT2D eigenvalue weighted by Gasteiger charge is -2.14. The number of benzene rings is 1. The normalized spacial score (nSPS) is 12.4. The summed E-state index contributed by atoms with van der Waals surface area (Å²) in [5.41, 5.74) is 3.75. The standard InChI is InChI=1S/C15H20N2O2/c1-4-12-5-7-13(8-6-12)19-11(3)15-14(9-18)10(2)16-17-15/h5-8,11,18H,4,9H2,1-3H3,(H,16,17). The van der Waals surface area contributed by atoms with E-state index in [1.807, 2.05) is 26.0 Å². The minimum absolute atomic E-state index is 0.0276. The first-order valence-electron chi connectivity index (χ1n) is 6.55. The van der Waals surface area contributed by atoms with Crippen molar-refractivity contribution in [1.29, 1.82) is 0 Å². The molecule has 0 amide bonds. The molecule has 0 fully saturated rings. The van der Waals surface area contributed by atoms with Crippen molar-refractivity contribution in [2.75, 3.05) is 0 Å². The van der Waals surface area contributed by atoms with E-state index in [4.69, 9.17) is 4.74 Å². The van der Waals surface area contributed by atoms with Crippen LogP contribution < -0.4 is 4.74 Å². The Kier molecular flexibility index (Phi) is 4.22. The molecule has 0 saturated heterocycles. The van der Waals surface area contributed by atoms with Crippen LogP contribution in [0.3, 0.4) is 0 Å². The number of hydrogen-bond donors (Lipinski definition) is 2. The highest BCUT2D eigenvalue weighted by Crippen LogP contribution is 2.24. The van der Waals surface area contributed by atoms with Gasteiger partial charge in [0.25, 0.3) is 0 Å². The fourth-order valence-electron chi connectivity index (χ4n) is 2.07. The average molecular weight is 260 g/mol. The molecule has 0 aliphatic rings. The summed E-state index contributed by atoms with van der Waals surface area (Å²) in [7, 11) is 0. The summed E-state index contributed by atoms with van der Waals surface area (Å²) < 4.78 is 5.86. The van der Waals surface area contributed by atoms with Crippen molar-refractivity contribution in [3.8, 4) is 5.75 Å². The number of rotatable bonds is 5. The van der Waals surface area contributed by atoms with E-state index in [0.29, 0.717) is 0 Å². The molecule has 0 saturated carbocycles. The van der Waals surface area contributed by atoms with Crippen LogP contribution in [0.5, 0.6) is 5.75 Å². The lowest BCUT2D eigenvalue weighted by atomic mass is 10.1. The lowest BCUT2D eigenvalue weighted by Crippen LogP contribution is -2.06. The number of aromatic nitrogens is 2. The van der Waals surface area contributed by atoms with Crippen LogP contribution in [0.15, 0.2) is 24.3 Å². The van der Waals surface area contributed by atoms with Gasteiger partial charge in [-0.25, -0.2) is 0 Å². The van der Waals surface area contributed by atoms with Gasteiger partial charge in [-0.2, -0.15) is 5.10 Å². The summed E-state index contributed by atoms with van der Waals surface area (Å²) in [5.74, 6) is 0.814. The summed E-state index contributed by atoms with van der Waals surface area (Å²) in [6, 6.07) is 8.05. The molecule has 0 bridgehead atoms. The zero-order valence-electron chi connectivity index (χ0n) is 11.6. The molecule has 2 N–H and O–H groups in total. The zero-order valence-corrected chi connectivity index (χ0v) is 11.6. The van der Waals surface area contributed by atoms with Crippen LogP contribution in [-0.4, -0.2) is 15.3 Å². The van der Waals surface area contributed by atoms with E-state index in [0.717, 1.165) is 29.1 Å². The van der Waals surface area contributed by atoms with Crippen molar-refractivity contribution in [2.24, 2.45) is 0 Å². The van der Waals surface area contributed by atoms with Crippen LogP contribution >= 0.6 is 0 Å². The molecule has 4 nitrogen and oxygen atoms in total. The summed E-state index contributed by atoms with van der Waals surface area (Å²) >= 11 is 0. The van der Waals surface area contributed by atoms with Gasteiger partial charge < -0.3 is 9.84 Å². The lowest BCUT2D eigenvalue weighted by molar-refractivity contribution is 0.214. The van der Waals surface area contributed by atoms with Gasteiger partial charge in [-0.1, -0.05) is 19.1 Å². The molecule has 1 aromatic heterocycles. The van der Waals surface area contributed by atoms with E-state index in [9.17, 15) is 5.11 Å². The minimum Gasteiger partial charge on any atom is -0.484 e. The molecule has 1 aromatic carbocycles. The SMILES string of the molecule is CCc1ccc(OC(C)c2n[nH]c(C)c2CO)cc1. The van der Waals surface area contributed by atoms with Crippen molar-refractivity contribution >= 4 is 0 Å². The van der Waals surface area contributed by atoms with Crippen LogP contribution in [0.1, 0.15) is 42.5 Å². The first-order valence-corrected chi connectivity index (χ1v) is 6.55. The third-order valence-electron chi connectivity index (χ3n) is 3.29. The Morgan fingerprint density at radius 3 is 2.58 bits per heavy atom. The highest BCUT2D eigenvalue weighted by atomic mass is 16.5. The smallest absolute Gasteiger partial charge is 0.140 e. The van der Waals surface area contributed by atoms with Gasteiger partial charge >= 0.3 is 0 Å². The molecule has 0 spiro atoms. The molecule has 0 aliphatic carbocycles. The Balaban J connectivity index is 2.13. The molecule has 19 heavy (non-hydrogen) atoms.